The molecule has 0 unspecified atom stereocenters. The zero-order valence-electron chi connectivity index (χ0n) is 18.7. The van der Waals surface area contributed by atoms with E-state index in [4.69, 9.17) is 4.43 Å². The second kappa shape index (κ2) is 9.70. The summed E-state index contributed by atoms with van der Waals surface area (Å²) in [6, 6.07) is 0. The topological polar surface area (TPSA) is 29.5 Å². The van der Waals surface area contributed by atoms with Crippen LogP contribution in [0, 0.1) is 23.2 Å². The van der Waals surface area contributed by atoms with Gasteiger partial charge in [-0.3, -0.25) is 0 Å². The number of allylic oxidation sites excluding steroid dienone is 1. The van der Waals surface area contributed by atoms with E-state index in [1.807, 2.05) is 25.7 Å². The Bertz CT molecular complexity index is 527. The fourth-order valence-corrected chi connectivity index (χ4v) is 7.76. The SMILES string of the molecule is C[C@H](CCCC(CF)(CF)O[Si](C)(C)C)[C@H]1CC[C@H]2C(=CCO)CCC[C@]12C. The van der Waals surface area contributed by atoms with Crippen LogP contribution in [0.5, 0.6) is 0 Å². The summed E-state index contributed by atoms with van der Waals surface area (Å²) in [5.41, 5.74) is 0.544. The van der Waals surface area contributed by atoms with Gasteiger partial charge >= 0.3 is 0 Å². The smallest absolute Gasteiger partial charge is 0.184 e. The Morgan fingerprint density at radius 2 is 1.96 bits per heavy atom. The van der Waals surface area contributed by atoms with Crippen LogP contribution < -0.4 is 0 Å². The number of halogens is 2. The van der Waals surface area contributed by atoms with Crippen molar-refractivity contribution in [2.75, 3.05) is 20.0 Å². The van der Waals surface area contributed by atoms with Gasteiger partial charge < -0.3 is 9.53 Å². The Morgan fingerprint density at radius 1 is 1.29 bits per heavy atom. The van der Waals surface area contributed by atoms with Crippen LogP contribution in [-0.4, -0.2) is 39.0 Å². The molecule has 0 amide bonds. The first-order valence-corrected chi connectivity index (χ1v) is 14.6. The van der Waals surface area contributed by atoms with E-state index < -0.39 is 27.3 Å². The molecule has 0 heterocycles. The molecule has 2 rings (SSSR count). The monoisotopic (exact) mass is 416 g/mol. The molecule has 0 aliphatic heterocycles. The van der Waals surface area contributed by atoms with Crippen LogP contribution in [0.15, 0.2) is 11.6 Å². The van der Waals surface area contributed by atoms with Crippen molar-refractivity contribution in [3.05, 3.63) is 11.6 Å². The first-order chi connectivity index (χ1) is 13.1. The maximum atomic E-state index is 13.7. The van der Waals surface area contributed by atoms with E-state index in [9.17, 15) is 13.9 Å². The average Bonchev–Trinajstić information content (AvgIpc) is 2.98. The van der Waals surface area contributed by atoms with Crippen LogP contribution in [0.25, 0.3) is 0 Å². The van der Waals surface area contributed by atoms with Crippen LogP contribution in [0.2, 0.25) is 19.6 Å². The zero-order valence-corrected chi connectivity index (χ0v) is 19.7. The molecule has 0 aromatic rings. The fraction of sp³-hybridized carbons (Fsp3) is 0.913. The molecule has 2 nitrogen and oxygen atoms in total. The van der Waals surface area contributed by atoms with E-state index in [2.05, 4.69) is 13.8 Å². The largest absolute Gasteiger partial charge is 0.407 e. The molecule has 0 aromatic heterocycles. The van der Waals surface area contributed by atoms with Crippen LogP contribution in [-0.2, 0) is 4.43 Å². The highest BCUT2D eigenvalue weighted by molar-refractivity contribution is 6.69. The molecule has 0 radical (unpaired) electrons. The van der Waals surface area contributed by atoms with Gasteiger partial charge in [-0.25, -0.2) is 8.78 Å². The van der Waals surface area contributed by atoms with Crippen molar-refractivity contribution in [2.24, 2.45) is 23.2 Å². The standard InChI is InChI=1S/C23H42F2O2Si/c1-18(8-6-14-23(16-24,17-25)27-28(3,4)5)20-10-11-21-19(12-15-26)9-7-13-22(20,21)2/h12,18,20-21,26H,6-11,13-17H2,1-5H3/t18-,20-,21+,22-/m1/s1. The number of alkyl halides is 2. The predicted octanol–water partition coefficient (Wildman–Crippen LogP) is 6.46. The summed E-state index contributed by atoms with van der Waals surface area (Å²) >= 11 is 0. The van der Waals surface area contributed by atoms with E-state index >= 15 is 0 Å². The van der Waals surface area contributed by atoms with Gasteiger partial charge in [0.2, 0.25) is 0 Å². The Kier molecular flexibility index (Phi) is 8.31. The molecule has 2 saturated carbocycles. The Labute approximate surface area is 172 Å². The number of aliphatic hydroxyl groups is 1. The first kappa shape index (κ1) is 24.0. The summed E-state index contributed by atoms with van der Waals surface area (Å²) in [6.45, 7) is 9.43. The fourth-order valence-electron chi connectivity index (χ4n) is 6.25. The normalized spacial score (nSPS) is 31.2. The van der Waals surface area contributed by atoms with Gasteiger partial charge in [-0.05, 0) is 81.3 Å². The van der Waals surface area contributed by atoms with Crippen LogP contribution in [0.1, 0.15) is 65.2 Å². The summed E-state index contributed by atoms with van der Waals surface area (Å²) in [7, 11) is -1.99. The number of aliphatic hydroxyl groups excluding tert-OH is 1. The highest BCUT2D eigenvalue weighted by atomic mass is 28.4. The lowest BCUT2D eigenvalue weighted by atomic mass is 9.60. The van der Waals surface area contributed by atoms with E-state index in [-0.39, 0.29) is 6.61 Å². The molecule has 2 aliphatic carbocycles. The summed E-state index contributed by atoms with van der Waals surface area (Å²) < 4.78 is 33.3. The third-order valence-electron chi connectivity index (χ3n) is 7.38. The maximum Gasteiger partial charge on any atom is 0.184 e. The van der Waals surface area contributed by atoms with Gasteiger partial charge in [-0.15, -0.1) is 0 Å². The first-order valence-electron chi connectivity index (χ1n) is 11.2. The minimum absolute atomic E-state index is 0.147. The van der Waals surface area contributed by atoms with Crippen molar-refractivity contribution in [3.63, 3.8) is 0 Å². The van der Waals surface area contributed by atoms with Crippen molar-refractivity contribution in [1.29, 1.82) is 0 Å². The highest BCUT2D eigenvalue weighted by Crippen LogP contribution is 2.59. The molecule has 2 aliphatic rings. The molecule has 0 saturated heterocycles. The number of rotatable bonds is 10. The number of hydrogen-bond acceptors (Lipinski definition) is 2. The molecule has 0 bridgehead atoms. The van der Waals surface area contributed by atoms with Crippen LogP contribution in [0.3, 0.4) is 0 Å². The zero-order chi connectivity index (χ0) is 21.0. The van der Waals surface area contributed by atoms with Crippen molar-refractivity contribution >= 4 is 8.32 Å². The molecule has 2 fully saturated rings. The molecular formula is C23H42F2O2Si. The molecule has 0 aromatic carbocycles. The Balaban J connectivity index is 1.97. The lowest BCUT2D eigenvalue weighted by Gasteiger charge is -2.44. The van der Waals surface area contributed by atoms with Gasteiger partial charge in [-0.1, -0.05) is 38.3 Å². The van der Waals surface area contributed by atoms with Gasteiger partial charge in [0.1, 0.15) is 19.0 Å². The third-order valence-corrected chi connectivity index (χ3v) is 8.43. The van der Waals surface area contributed by atoms with E-state index in [1.54, 1.807) is 0 Å². The van der Waals surface area contributed by atoms with Crippen molar-refractivity contribution < 1.29 is 18.3 Å². The molecule has 164 valence electrons. The van der Waals surface area contributed by atoms with Gasteiger partial charge in [-0.2, -0.15) is 0 Å². The molecule has 0 spiro atoms. The second-order valence-electron chi connectivity index (χ2n) is 10.6. The number of hydrogen-bond donors (Lipinski definition) is 1. The lowest BCUT2D eigenvalue weighted by Crippen LogP contribution is -2.46. The summed E-state index contributed by atoms with van der Waals surface area (Å²) in [4.78, 5) is 0. The summed E-state index contributed by atoms with van der Waals surface area (Å²) in [5.74, 6) is 1.81. The van der Waals surface area contributed by atoms with Crippen LogP contribution in [0.4, 0.5) is 8.78 Å². The molecule has 5 heteroatoms. The third kappa shape index (κ3) is 5.45. The van der Waals surface area contributed by atoms with E-state index in [0.29, 0.717) is 29.6 Å². The molecular weight excluding hydrogens is 374 g/mol. The van der Waals surface area contributed by atoms with Crippen molar-refractivity contribution in [2.45, 2.75) is 90.5 Å². The molecule has 1 N–H and O–H groups in total. The Hall–Kier alpha value is -0.263. The summed E-state index contributed by atoms with van der Waals surface area (Å²) in [5, 5.41) is 9.37. The summed E-state index contributed by atoms with van der Waals surface area (Å²) in [6.07, 6.45) is 10.4. The van der Waals surface area contributed by atoms with E-state index in [1.165, 1.54) is 31.3 Å². The average molecular weight is 417 g/mol. The van der Waals surface area contributed by atoms with Gasteiger partial charge in [0.25, 0.3) is 0 Å². The molecule has 4 atom stereocenters. The number of fused-ring (bicyclic) bond motifs is 1. The van der Waals surface area contributed by atoms with Crippen LogP contribution >= 0.6 is 0 Å². The van der Waals surface area contributed by atoms with Gasteiger partial charge in [0.05, 0.1) is 6.61 Å². The quantitative estimate of drug-likeness (QED) is 0.327. The minimum atomic E-state index is -1.99. The Morgan fingerprint density at radius 3 is 2.54 bits per heavy atom. The second-order valence-corrected chi connectivity index (χ2v) is 15.0. The van der Waals surface area contributed by atoms with Gasteiger partial charge in [0.15, 0.2) is 8.32 Å². The van der Waals surface area contributed by atoms with Crippen molar-refractivity contribution in [1.82, 2.24) is 0 Å². The van der Waals surface area contributed by atoms with E-state index in [0.717, 1.165) is 19.3 Å². The predicted molar refractivity (Wildman–Crippen MR) is 115 cm³/mol. The maximum absolute atomic E-state index is 13.7. The lowest BCUT2D eigenvalue weighted by molar-refractivity contribution is -0.000904. The highest BCUT2D eigenvalue weighted by Gasteiger charge is 2.50. The molecule has 28 heavy (non-hydrogen) atoms. The minimum Gasteiger partial charge on any atom is -0.407 e. The van der Waals surface area contributed by atoms with Gasteiger partial charge in [0, 0.05) is 0 Å². The van der Waals surface area contributed by atoms with Crippen molar-refractivity contribution in [3.8, 4) is 0 Å².